The third-order valence-electron chi connectivity index (χ3n) is 3.47. The van der Waals surface area contributed by atoms with Crippen LogP contribution in [0.4, 0.5) is 0 Å². The molecule has 7 heteroatoms. The van der Waals surface area contributed by atoms with Crippen LogP contribution in [0.5, 0.6) is 0 Å². The van der Waals surface area contributed by atoms with Crippen LogP contribution in [0, 0.1) is 0 Å². The van der Waals surface area contributed by atoms with Gasteiger partial charge in [0.1, 0.15) is 0 Å². The first kappa shape index (κ1) is 13.7. The summed E-state index contributed by atoms with van der Waals surface area (Å²) in [6.07, 6.45) is 7.45. The van der Waals surface area contributed by atoms with Crippen LogP contribution >= 0.6 is 11.3 Å². The predicted octanol–water partition coefficient (Wildman–Crippen LogP) is 2.51. The number of thiazole rings is 1. The Morgan fingerprint density at radius 1 is 1.22 bits per heavy atom. The van der Waals surface area contributed by atoms with Crippen LogP contribution in [0.3, 0.4) is 0 Å². The highest BCUT2D eigenvalue weighted by molar-refractivity contribution is 7.15. The Morgan fingerprint density at radius 2 is 2.09 bits per heavy atom. The molecule has 1 N–H and O–H groups in total. The van der Waals surface area contributed by atoms with Crippen LogP contribution in [0.25, 0.3) is 10.6 Å². The van der Waals surface area contributed by atoms with Gasteiger partial charge < -0.3 is 5.32 Å². The van der Waals surface area contributed by atoms with Gasteiger partial charge >= 0.3 is 0 Å². The molecular weight excluding hydrogens is 310 g/mol. The second kappa shape index (κ2) is 5.69. The number of aromatic nitrogens is 4. The number of hydrogen-bond acceptors (Lipinski definition) is 4. The van der Waals surface area contributed by atoms with E-state index in [1.54, 1.807) is 34.3 Å². The van der Waals surface area contributed by atoms with Crippen LogP contribution in [-0.4, -0.2) is 25.1 Å². The van der Waals surface area contributed by atoms with E-state index in [1.165, 1.54) is 0 Å². The molecule has 0 saturated heterocycles. The minimum Gasteiger partial charge on any atom is -0.346 e. The van der Waals surface area contributed by atoms with Gasteiger partial charge in [0.15, 0.2) is 4.96 Å². The Kier molecular flexibility index (Phi) is 3.39. The van der Waals surface area contributed by atoms with Gasteiger partial charge in [0.2, 0.25) is 0 Å². The molecule has 4 rings (SSSR count). The topological polar surface area (TPSA) is 64.2 Å². The molecule has 0 aliphatic heterocycles. The highest BCUT2D eigenvalue weighted by Crippen LogP contribution is 2.12. The summed E-state index contributed by atoms with van der Waals surface area (Å²) < 4.78 is 3.70. The average molecular weight is 323 g/mol. The van der Waals surface area contributed by atoms with Crippen molar-refractivity contribution < 1.29 is 4.79 Å². The molecule has 3 aromatic heterocycles. The second-order valence-electron chi connectivity index (χ2n) is 5.01. The molecule has 1 amide bonds. The van der Waals surface area contributed by atoms with Crippen molar-refractivity contribution in [3.05, 3.63) is 71.8 Å². The van der Waals surface area contributed by atoms with Gasteiger partial charge in [-0.05, 0) is 30.3 Å². The largest absolute Gasteiger partial charge is 0.346 e. The number of hydrogen-bond donors (Lipinski definition) is 1. The molecule has 0 spiro atoms. The molecule has 114 valence electrons. The van der Waals surface area contributed by atoms with Crippen LogP contribution < -0.4 is 5.32 Å². The van der Waals surface area contributed by atoms with E-state index in [2.05, 4.69) is 15.4 Å². The van der Waals surface area contributed by atoms with Gasteiger partial charge in [-0.15, -0.1) is 11.3 Å². The first-order chi connectivity index (χ1) is 11.3. The number of nitrogens with one attached hydrogen (secondary N) is 1. The molecule has 4 aromatic rings. The molecule has 0 fully saturated rings. The fraction of sp³-hybridized carbons (Fsp3) is 0.0625. The summed E-state index contributed by atoms with van der Waals surface area (Å²) in [7, 11) is 0. The van der Waals surface area contributed by atoms with E-state index in [1.807, 2.05) is 46.6 Å². The Morgan fingerprint density at radius 3 is 2.83 bits per heavy atom. The SMILES string of the molecule is O=C(NCc1cn2ccsc2n1)c1ccc(-n2cccn2)cc1. The number of benzene rings is 1. The number of nitrogens with zero attached hydrogens (tertiary/aromatic N) is 4. The molecule has 0 unspecified atom stereocenters. The van der Waals surface area contributed by atoms with Crippen LogP contribution in [0.15, 0.2) is 60.5 Å². The molecule has 0 radical (unpaired) electrons. The zero-order valence-electron chi connectivity index (χ0n) is 12.1. The Hall–Kier alpha value is -2.93. The van der Waals surface area contributed by atoms with Crippen molar-refractivity contribution >= 4 is 22.2 Å². The van der Waals surface area contributed by atoms with Crippen molar-refractivity contribution in [1.29, 1.82) is 0 Å². The lowest BCUT2D eigenvalue weighted by Crippen LogP contribution is -2.22. The van der Waals surface area contributed by atoms with Crippen LogP contribution in [0.2, 0.25) is 0 Å². The number of fused-ring (bicyclic) bond motifs is 1. The fourth-order valence-corrected chi connectivity index (χ4v) is 3.04. The lowest BCUT2D eigenvalue weighted by Gasteiger charge is -2.05. The molecule has 3 heterocycles. The third kappa shape index (κ3) is 2.74. The Labute approximate surface area is 136 Å². The summed E-state index contributed by atoms with van der Waals surface area (Å²) in [6.45, 7) is 0.411. The number of amides is 1. The maximum atomic E-state index is 12.2. The number of rotatable bonds is 4. The van der Waals surface area contributed by atoms with E-state index in [0.717, 1.165) is 16.3 Å². The quantitative estimate of drug-likeness (QED) is 0.627. The Balaban J connectivity index is 1.43. The zero-order valence-corrected chi connectivity index (χ0v) is 12.9. The second-order valence-corrected chi connectivity index (χ2v) is 5.88. The summed E-state index contributed by atoms with van der Waals surface area (Å²) >= 11 is 1.57. The van der Waals surface area contributed by atoms with Gasteiger partial charge in [0.05, 0.1) is 17.9 Å². The van der Waals surface area contributed by atoms with E-state index in [-0.39, 0.29) is 5.91 Å². The Bertz CT molecular complexity index is 908. The van der Waals surface area contributed by atoms with Gasteiger partial charge in [-0.1, -0.05) is 0 Å². The number of carbonyl (C=O) groups excluding carboxylic acids is 1. The maximum absolute atomic E-state index is 12.2. The summed E-state index contributed by atoms with van der Waals surface area (Å²) in [6, 6.07) is 9.18. The molecule has 0 atom stereocenters. The molecule has 0 aliphatic rings. The molecule has 6 nitrogen and oxygen atoms in total. The molecular formula is C16H13N5OS. The smallest absolute Gasteiger partial charge is 0.251 e. The van der Waals surface area contributed by atoms with Gasteiger partial charge in [-0.2, -0.15) is 5.10 Å². The van der Waals surface area contributed by atoms with Crippen molar-refractivity contribution in [3.8, 4) is 5.69 Å². The van der Waals surface area contributed by atoms with E-state index in [4.69, 9.17) is 0 Å². The minimum absolute atomic E-state index is 0.117. The third-order valence-corrected chi connectivity index (χ3v) is 4.24. The molecule has 1 aromatic carbocycles. The lowest BCUT2D eigenvalue weighted by molar-refractivity contribution is 0.0950. The van der Waals surface area contributed by atoms with Crippen LogP contribution in [0.1, 0.15) is 16.1 Å². The average Bonchev–Trinajstić information content (AvgIpc) is 3.29. The van der Waals surface area contributed by atoms with E-state index < -0.39 is 0 Å². The molecule has 0 bridgehead atoms. The van der Waals surface area contributed by atoms with E-state index in [9.17, 15) is 4.79 Å². The first-order valence-electron chi connectivity index (χ1n) is 7.09. The monoisotopic (exact) mass is 323 g/mol. The molecule has 0 aliphatic carbocycles. The standard InChI is InChI=1S/C16H13N5OS/c22-15(17-10-13-11-20-8-9-23-16(20)19-13)12-2-4-14(5-3-12)21-7-1-6-18-21/h1-9,11H,10H2,(H,17,22). The highest BCUT2D eigenvalue weighted by atomic mass is 32.1. The highest BCUT2D eigenvalue weighted by Gasteiger charge is 2.08. The van der Waals surface area contributed by atoms with Crippen molar-refractivity contribution in [1.82, 2.24) is 24.5 Å². The van der Waals surface area contributed by atoms with Crippen molar-refractivity contribution in [3.63, 3.8) is 0 Å². The summed E-state index contributed by atoms with van der Waals surface area (Å²) in [5.74, 6) is -0.117. The first-order valence-corrected chi connectivity index (χ1v) is 7.97. The van der Waals surface area contributed by atoms with Crippen molar-refractivity contribution in [2.75, 3.05) is 0 Å². The normalized spacial score (nSPS) is 11.0. The van der Waals surface area contributed by atoms with Gasteiger partial charge in [-0.3, -0.25) is 9.20 Å². The van der Waals surface area contributed by atoms with Gasteiger partial charge in [0, 0.05) is 35.7 Å². The van der Waals surface area contributed by atoms with Gasteiger partial charge in [0.25, 0.3) is 5.91 Å². The lowest BCUT2D eigenvalue weighted by atomic mass is 10.2. The van der Waals surface area contributed by atoms with E-state index >= 15 is 0 Å². The van der Waals surface area contributed by atoms with Gasteiger partial charge in [-0.25, -0.2) is 9.67 Å². The summed E-state index contributed by atoms with van der Waals surface area (Å²) in [4.78, 5) is 17.6. The predicted molar refractivity (Wildman–Crippen MR) is 87.8 cm³/mol. The number of imidazole rings is 1. The van der Waals surface area contributed by atoms with Crippen molar-refractivity contribution in [2.45, 2.75) is 6.54 Å². The van der Waals surface area contributed by atoms with Crippen LogP contribution in [-0.2, 0) is 6.54 Å². The maximum Gasteiger partial charge on any atom is 0.251 e. The fourth-order valence-electron chi connectivity index (χ4n) is 2.32. The van der Waals surface area contributed by atoms with E-state index in [0.29, 0.717) is 12.1 Å². The molecule has 0 saturated carbocycles. The summed E-state index contributed by atoms with van der Waals surface area (Å²) in [5.41, 5.74) is 2.38. The summed E-state index contributed by atoms with van der Waals surface area (Å²) in [5, 5.41) is 9.02. The molecule has 23 heavy (non-hydrogen) atoms. The zero-order chi connectivity index (χ0) is 15.6. The minimum atomic E-state index is -0.117. The van der Waals surface area contributed by atoms with Crippen molar-refractivity contribution in [2.24, 2.45) is 0 Å². The number of carbonyl (C=O) groups is 1.